The minimum absolute atomic E-state index is 0.109. The van der Waals surface area contributed by atoms with E-state index < -0.39 is 0 Å². The molecule has 2 rings (SSSR count). The van der Waals surface area contributed by atoms with Crippen LogP contribution in [0.5, 0.6) is 5.75 Å². The highest BCUT2D eigenvalue weighted by Crippen LogP contribution is 2.28. The zero-order chi connectivity index (χ0) is 10.1. The highest BCUT2D eigenvalue weighted by atomic mass is 16.5. The van der Waals surface area contributed by atoms with Gasteiger partial charge in [-0.05, 0) is 11.6 Å². The van der Waals surface area contributed by atoms with E-state index in [0.29, 0.717) is 5.84 Å². The van der Waals surface area contributed by atoms with Crippen LogP contribution in [0.15, 0.2) is 24.3 Å². The number of benzene rings is 1. The van der Waals surface area contributed by atoms with Crippen molar-refractivity contribution >= 4 is 5.84 Å². The second-order valence-corrected chi connectivity index (χ2v) is 3.70. The van der Waals surface area contributed by atoms with E-state index in [9.17, 15) is 0 Å². The predicted molar refractivity (Wildman–Crippen MR) is 56.0 cm³/mol. The van der Waals surface area contributed by atoms with E-state index >= 15 is 0 Å². The third kappa shape index (κ3) is 1.45. The summed E-state index contributed by atoms with van der Waals surface area (Å²) in [6.07, 6.45) is 0.704. The van der Waals surface area contributed by atoms with Gasteiger partial charge in [0.25, 0.3) is 0 Å². The molecule has 0 saturated heterocycles. The lowest BCUT2D eigenvalue weighted by Gasteiger charge is -2.18. The monoisotopic (exact) mass is 190 g/mol. The van der Waals surface area contributed by atoms with Crippen LogP contribution in [0.4, 0.5) is 0 Å². The predicted octanol–water partition coefficient (Wildman–Crippen LogP) is 1.53. The van der Waals surface area contributed by atoms with Crippen LogP contribution in [0.25, 0.3) is 0 Å². The summed E-state index contributed by atoms with van der Waals surface area (Å²) in [5, 5.41) is 7.82. The number of nitrogens with one attached hydrogen (secondary N) is 1. The molecule has 3 heteroatoms. The fraction of sp³-hybridized carbons (Fsp3) is 0.364. The summed E-state index contributed by atoms with van der Waals surface area (Å²) >= 11 is 0. The Morgan fingerprint density at radius 3 is 2.79 bits per heavy atom. The van der Waals surface area contributed by atoms with Gasteiger partial charge >= 0.3 is 0 Å². The quantitative estimate of drug-likeness (QED) is 0.538. The fourth-order valence-electron chi connectivity index (χ4n) is 1.62. The Morgan fingerprint density at radius 1 is 1.43 bits per heavy atom. The van der Waals surface area contributed by atoms with Gasteiger partial charge in [0.2, 0.25) is 0 Å². The van der Waals surface area contributed by atoms with E-state index in [1.807, 2.05) is 32.3 Å². The van der Waals surface area contributed by atoms with Gasteiger partial charge in [-0.2, -0.15) is 0 Å². The zero-order valence-electron chi connectivity index (χ0n) is 8.45. The number of hydrogen-bond acceptors (Lipinski definition) is 2. The Bertz CT molecular complexity index is 335. The molecule has 1 unspecified atom stereocenters. The Labute approximate surface area is 83.8 Å². The van der Waals surface area contributed by atoms with E-state index in [1.54, 1.807) is 4.90 Å². The van der Waals surface area contributed by atoms with E-state index in [1.165, 1.54) is 5.56 Å². The lowest BCUT2D eigenvalue weighted by molar-refractivity contribution is 0.283. The summed E-state index contributed by atoms with van der Waals surface area (Å²) in [5.74, 6) is 1.45. The Balaban J connectivity index is 2.16. The van der Waals surface area contributed by atoms with Crippen LogP contribution in [-0.2, 0) is 6.42 Å². The summed E-state index contributed by atoms with van der Waals surface area (Å²) in [5.41, 5.74) is 1.20. The molecular formula is C11H14N2O. The molecule has 14 heavy (non-hydrogen) atoms. The number of likely N-dealkylation sites (N-methyl/N-ethyl adjacent to an activating group) is 1. The van der Waals surface area contributed by atoms with Gasteiger partial charge in [0, 0.05) is 20.5 Å². The molecule has 0 spiro atoms. The molecule has 1 heterocycles. The van der Waals surface area contributed by atoms with Gasteiger partial charge in [0.15, 0.2) is 6.10 Å². The van der Waals surface area contributed by atoms with Crippen molar-refractivity contribution in [2.24, 2.45) is 0 Å². The number of hydrogen-bond donors (Lipinski definition) is 1. The van der Waals surface area contributed by atoms with E-state index in [-0.39, 0.29) is 6.10 Å². The standard InChI is InChI=1S/C11H14N2O/c1-13(2)11(12)10-7-8-5-3-4-6-9(8)14-10/h3-6,10,12H,7H2,1-2H3. The SMILES string of the molecule is CN(C)C(=N)C1Cc2ccccc2O1. The van der Waals surface area contributed by atoms with Crippen molar-refractivity contribution in [3.8, 4) is 5.75 Å². The average molecular weight is 190 g/mol. The maximum absolute atomic E-state index is 7.82. The second kappa shape index (κ2) is 3.33. The molecule has 1 aliphatic heterocycles. The van der Waals surface area contributed by atoms with Gasteiger partial charge in [-0.3, -0.25) is 5.41 Å². The molecule has 0 aliphatic carbocycles. The summed E-state index contributed by atoms with van der Waals surface area (Å²) in [4.78, 5) is 1.79. The van der Waals surface area contributed by atoms with Crippen molar-refractivity contribution in [3.63, 3.8) is 0 Å². The summed E-state index contributed by atoms with van der Waals surface area (Å²) in [6.45, 7) is 0. The fourth-order valence-corrected chi connectivity index (χ4v) is 1.62. The number of para-hydroxylation sites is 1. The topological polar surface area (TPSA) is 36.3 Å². The molecule has 0 fully saturated rings. The van der Waals surface area contributed by atoms with Crippen LogP contribution in [0.3, 0.4) is 0 Å². The first kappa shape index (κ1) is 9.06. The summed E-state index contributed by atoms with van der Waals surface area (Å²) < 4.78 is 5.66. The molecule has 0 saturated carbocycles. The largest absolute Gasteiger partial charge is 0.482 e. The van der Waals surface area contributed by atoms with Gasteiger partial charge in [0.05, 0.1) is 0 Å². The normalized spacial score (nSPS) is 18.6. The van der Waals surface area contributed by atoms with Crippen molar-refractivity contribution in [1.82, 2.24) is 4.90 Å². The molecule has 1 N–H and O–H groups in total. The number of rotatable bonds is 1. The Hall–Kier alpha value is -1.51. The molecule has 0 aromatic heterocycles. The van der Waals surface area contributed by atoms with Crippen LogP contribution in [0, 0.1) is 5.41 Å². The first-order valence-electron chi connectivity index (χ1n) is 4.69. The average Bonchev–Trinajstić information content (AvgIpc) is 2.59. The van der Waals surface area contributed by atoms with Gasteiger partial charge in [-0.1, -0.05) is 18.2 Å². The van der Waals surface area contributed by atoms with E-state index in [4.69, 9.17) is 10.1 Å². The van der Waals surface area contributed by atoms with Gasteiger partial charge in [-0.25, -0.2) is 0 Å². The van der Waals surface area contributed by atoms with Crippen LogP contribution in [0.1, 0.15) is 5.56 Å². The lowest BCUT2D eigenvalue weighted by Crippen LogP contribution is -2.35. The highest BCUT2D eigenvalue weighted by molar-refractivity contribution is 5.84. The van der Waals surface area contributed by atoms with Crippen molar-refractivity contribution in [1.29, 1.82) is 5.41 Å². The molecule has 74 valence electrons. The molecule has 3 nitrogen and oxygen atoms in total. The number of amidine groups is 1. The van der Waals surface area contributed by atoms with Crippen molar-refractivity contribution < 1.29 is 4.74 Å². The van der Waals surface area contributed by atoms with Crippen LogP contribution in [-0.4, -0.2) is 30.9 Å². The maximum atomic E-state index is 7.82. The van der Waals surface area contributed by atoms with Crippen LogP contribution in [0.2, 0.25) is 0 Å². The highest BCUT2D eigenvalue weighted by Gasteiger charge is 2.26. The smallest absolute Gasteiger partial charge is 0.159 e. The van der Waals surface area contributed by atoms with Gasteiger partial charge in [0.1, 0.15) is 11.6 Å². The van der Waals surface area contributed by atoms with Crippen molar-refractivity contribution in [2.75, 3.05) is 14.1 Å². The zero-order valence-corrected chi connectivity index (χ0v) is 8.45. The van der Waals surface area contributed by atoms with Gasteiger partial charge in [-0.15, -0.1) is 0 Å². The first-order valence-corrected chi connectivity index (χ1v) is 4.69. The minimum atomic E-state index is -0.109. The third-order valence-corrected chi connectivity index (χ3v) is 2.43. The van der Waals surface area contributed by atoms with E-state index in [0.717, 1.165) is 12.2 Å². The van der Waals surface area contributed by atoms with Crippen molar-refractivity contribution in [3.05, 3.63) is 29.8 Å². The van der Waals surface area contributed by atoms with Crippen molar-refractivity contribution in [2.45, 2.75) is 12.5 Å². The Kier molecular flexibility index (Phi) is 2.15. The molecule has 0 bridgehead atoms. The summed E-state index contributed by atoms with van der Waals surface area (Å²) in [6, 6.07) is 7.97. The molecule has 1 aromatic rings. The third-order valence-electron chi connectivity index (χ3n) is 2.43. The van der Waals surface area contributed by atoms with Crippen LogP contribution < -0.4 is 4.74 Å². The second-order valence-electron chi connectivity index (χ2n) is 3.70. The maximum Gasteiger partial charge on any atom is 0.159 e. The number of nitrogens with zero attached hydrogens (tertiary/aromatic N) is 1. The van der Waals surface area contributed by atoms with Crippen LogP contribution >= 0.6 is 0 Å². The lowest BCUT2D eigenvalue weighted by atomic mass is 10.1. The Morgan fingerprint density at radius 2 is 2.14 bits per heavy atom. The van der Waals surface area contributed by atoms with E-state index in [2.05, 4.69) is 6.07 Å². The minimum Gasteiger partial charge on any atom is -0.482 e. The summed E-state index contributed by atoms with van der Waals surface area (Å²) in [7, 11) is 3.74. The molecule has 1 aliphatic rings. The molecule has 0 radical (unpaired) electrons. The number of ether oxygens (including phenoxy) is 1. The first-order chi connectivity index (χ1) is 6.68. The molecule has 1 aromatic carbocycles. The molecular weight excluding hydrogens is 176 g/mol. The molecule has 0 amide bonds. The molecule has 1 atom stereocenters. The number of fused-ring (bicyclic) bond motifs is 1. The van der Waals surface area contributed by atoms with Gasteiger partial charge < -0.3 is 9.64 Å².